The fourth-order valence-electron chi connectivity index (χ4n) is 1.09. The largest absolute Gasteiger partial charge is 0.381 e. The lowest BCUT2D eigenvalue weighted by Crippen LogP contribution is -1.95. The minimum atomic E-state index is 0.923. The molecule has 12 heavy (non-hydrogen) atoms. The second-order valence-corrected chi connectivity index (χ2v) is 3.10. The van der Waals surface area contributed by atoms with Gasteiger partial charge >= 0.3 is 0 Å². The van der Waals surface area contributed by atoms with Gasteiger partial charge in [-0.15, -0.1) is 6.58 Å². The Morgan fingerprint density at radius 1 is 1.08 bits per heavy atom. The average Bonchev–Trinajstić information content (AvgIpc) is 2.10. The lowest BCUT2D eigenvalue weighted by molar-refractivity contribution is 0.130. The Morgan fingerprint density at radius 2 is 1.83 bits per heavy atom. The van der Waals surface area contributed by atoms with Crippen LogP contribution in [0.15, 0.2) is 12.7 Å². The Kier molecular flexibility index (Phi) is 10.4. The summed E-state index contributed by atoms with van der Waals surface area (Å²) < 4.78 is 5.37. The predicted molar refractivity (Wildman–Crippen MR) is 54.4 cm³/mol. The van der Waals surface area contributed by atoms with E-state index in [0.29, 0.717) is 0 Å². The highest BCUT2D eigenvalue weighted by Gasteiger charge is 1.88. The van der Waals surface area contributed by atoms with E-state index in [1.54, 1.807) is 0 Å². The van der Waals surface area contributed by atoms with Crippen molar-refractivity contribution >= 4 is 0 Å². The van der Waals surface area contributed by atoms with Gasteiger partial charge in [-0.1, -0.05) is 25.8 Å². The van der Waals surface area contributed by atoms with Crippen molar-refractivity contribution < 1.29 is 4.74 Å². The number of rotatable bonds is 9. The summed E-state index contributed by atoms with van der Waals surface area (Å²) in [4.78, 5) is 0. The van der Waals surface area contributed by atoms with Crippen LogP contribution in [0.1, 0.15) is 45.4 Å². The number of ether oxygens (including phenoxy) is 1. The van der Waals surface area contributed by atoms with Gasteiger partial charge in [-0.25, -0.2) is 0 Å². The minimum absolute atomic E-state index is 0.923. The third-order valence-electron chi connectivity index (χ3n) is 1.80. The van der Waals surface area contributed by atoms with E-state index in [9.17, 15) is 0 Å². The van der Waals surface area contributed by atoms with E-state index in [1.165, 1.54) is 25.7 Å². The second kappa shape index (κ2) is 10.7. The molecule has 0 aromatic heterocycles. The number of hydrogen-bond donors (Lipinski definition) is 0. The van der Waals surface area contributed by atoms with Crippen LogP contribution in [0.25, 0.3) is 0 Å². The molecule has 0 saturated carbocycles. The molecule has 0 aliphatic carbocycles. The molecule has 0 aliphatic heterocycles. The number of unbranched alkanes of at least 4 members (excludes halogenated alkanes) is 4. The summed E-state index contributed by atoms with van der Waals surface area (Å²) in [5.74, 6) is 0. The van der Waals surface area contributed by atoms with Crippen LogP contribution in [0.3, 0.4) is 0 Å². The van der Waals surface area contributed by atoms with Gasteiger partial charge in [-0.2, -0.15) is 0 Å². The van der Waals surface area contributed by atoms with Gasteiger partial charge in [0.15, 0.2) is 0 Å². The van der Waals surface area contributed by atoms with Gasteiger partial charge in [0.05, 0.1) is 0 Å². The minimum Gasteiger partial charge on any atom is -0.381 e. The molecule has 0 atom stereocenters. The maximum Gasteiger partial charge on any atom is 0.0466 e. The summed E-state index contributed by atoms with van der Waals surface area (Å²) in [6, 6.07) is 0. The van der Waals surface area contributed by atoms with Gasteiger partial charge in [-0.3, -0.25) is 0 Å². The Morgan fingerprint density at radius 3 is 2.50 bits per heavy atom. The zero-order valence-electron chi connectivity index (χ0n) is 8.35. The molecule has 72 valence electrons. The molecule has 0 saturated heterocycles. The van der Waals surface area contributed by atoms with Gasteiger partial charge in [0, 0.05) is 13.2 Å². The van der Waals surface area contributed by atoms with Gasteiger partial charge in [0.1, 0.15) is 0 Å². The van der Waals surface area contributed by atoms with Crippen LogP contribution < -0.4 is 0 Å². The monoisotopic (exact) mass is 170 g/mol. The predicted octanol–water partition coefficient (Wildman–Crippen LogP) is 3.55. The molecule has 0 aromatic rings. The first-order chi connectivity index (χ1) is 5.91. The van der Waals surface area contributed by atoms with E-state index in [2.05, 4.69) is 13.5 Å². The van der Waals surface area contributed by atoms with Crippen LogP contribution in [0.2, 0.25) is 0 Å². The molecule has 0 aromatic carbocycles. The van der Waals surface area contributed by atoms with Crippen LogP contribution in [-0.4, -0.2) is 13.2 Å². The second-order valence-electron chi connectivity index (χ2n) is 3.10. The van der Waals surface area contributed by atoms with Crippen LogP contribution >= 0.6 is 0 Å². The fourth-order valence-corrected chi connectivity index (χ4v) is 1.09. The molecule has 0 N–H and O–H groups in total. The smallest absolute Gasteiger partial charge is 0.0466 e. The van der Waals surface area contributed by atoms with Crippen LogP contribution in [0.4, 0.5) is 0 Å². The Bertz CT molecular complexity index is 89.0. The molecule has 1 heteroatoms. The molecule has 0 unspecified atom stereocenters. The summed E-state index contributed by atoms with van der Waals surface area (Å²) in [6.45, 7) is 7.71. The van der Waals surface area contributed by atoms with Crippen molar-refractivity contribution in [3.05, 3.63) is 12.7 Å². The SMILES string of the molecule is C=CCCCCCCOCCC. The van der Waals surface area contributed by atoms with E-state index in [0.717, 1.165) is 26.1 Å². The first kappa shape index (κ1) is 11.7. The molecule has 0 spiro atoms. The molecule has 0 aliphatic rings. The van der Waals surface area contributed by atoms with E-state index >= 15 is 0 Å². The Labute approximate surface area is 76.8 Å². The first-order valence-corrected chi connectivity index (χ1v) is 5.10. The molecule has 1 nitrogen and oxygen atoms in total. The van der Waals surface area contributed by atoms with E-state index < -0.39 is 0 Å². The summed E-state index contributed by atoms with van der Waals surface area (Å²) >= 11 is 0. The summed E-state index contributed by atoms with van der Waals surface area (Å²) in [6.07, 6.45) is 9.42. The topological polar surface area (TPSA) is 9.23 Å². The van der Waals surface area contributed by atoms with Crippen molar-refractivity contribution in [1.29, 1.82) is 0 Å². The van der Waals surface area contributed by atoms with Crippen molar-refractivity contribution in [1.82, 2.24) is 0 Å². The zero-order chi connectivity index (χ0) is 9.07. The molecular formula is C11H22O. The summed E-state index contributed by atoms with van der Waals surface area (Å²) in [5, 5.41) is 0. The Balaban J connectivity index is 2.77. The molecule has 0 amide bonds. The summed E-state index contributed by atoms with van der Waals surface area (Å²) in [5.41, 5.74) is 0. The average molecular weight is 170 g/mol. The molecule has 0 bridgehead atoms. The molecule has 0 radical (unpaired) electrons. The fraction of sp³-hybridized carbons (Fsp3) is 0.818. The van der Waals surface area contributed by atoms with E-state index in [-0.39, 0.29) is 0 Å². The van der Waals surface area contributed by atoms with Gasteiger partial charge in [0.2, 0.25) is 0 Å². The molecule has 0 fully saturated rings. The Hall–Kier alpha value is -0.300. The third-order valence-corrected chi connectivity index (χ3v) is 1.80. The normalized spacial score (nSPS) is 10.1. The van der Waals surface area contributed by atoms with Crippen molar-refractivity contribution in [3.63, 3.8) is 0 Å². The zero-order valence-corrected chi connectivity index (χ0v) is 8.35. The van der Waals surface area contributed by atoms with Crippen molar-refractivity contribution in [2.24, 2.45) is 0 Å². The van der Waals surface area contributed by atoms with Gasteiger partial charge in [0.25, 0.3) is 0 Å². The quantitative estimate of drug-likeness (QED) is 0.380. The molecule has 0 rings (SSSR count). The molecule has 0 heterocycles. The molecular weight excluding hydrogens is 148 g/mol. The van der Waals surface area contributed by atoms with Crippen LogP contribution in [0, 0.1) is 0 Å². The van der Waals surface area contributed by atoms with Crippen molar-refractivity contribution in [3.8, 4) is 0 Å². The van der Waals surface area contributed by atoms with Crippen molar-refractivity contribution in [2.45, 2.75) is 45.4 Å². The lowest BCUT2D eigenvalue weighted by atomic mass is 10.1. The maximum atomic E-state index is 5.37. The van der Waals surface area contributed by atoms with E-state index in [1.807, 2.05) is 6.08 Å². The number of hydrogen-bond acceptors (Lipinski definition) is 1. The van der Waals surface area contributed by atoms with E-state index in [4.69, 9.17) is 4.74 Å². The first-order valence-electron chi connectivity index (χ1n) is 5.10. The third kappa shape index (κ3) is 9.70. The maximum absolute atomic E-state index is 5.37. The highest BCUT2D eigenvalue weighted by molar-refractivity contribution is 4.65. The highest BCUT2D eigenvalue weighted by Crippen LogP contribution is 2.03. The lowest BCUT2D eigenvalue weighted by Gasteiger charge is -2.01. The number of allylic oxidation sites excluding steroid dienone is 1. The van der Waals surface area contributed by atoms with Crippen LogP contribution in [0.5, 0.6) is 0 Å². The highest BCUT2D eigenvalue weighted by atomic mass is 16.5. The van der Waals surface area contributed by atoms with Crippen molar-refractivity contribution in [2.75, 3.05) is 13.2 Å². The van der Waals surface area contributed by atoms with Gasteiger partial charge < -0.3 is 4.74 Å². The standard InChI is InChI=1S/C11H22O/c1-3-5-6-7-8-9-11-12-10-4-2/h3H,1,4-11H2,2H3. The summed E-state index contributed by atoms with van der Waals surface area (Å²) in [7, 11) is 0. The van der Waals surface area contributed by atoms with Crippen LogP contribution in [-0.2, 0) is 4.74 Å². The van der Waals surface area contributed by atoms with Gasteiger partial charge in [-0.05, 0) is 25.7 Å².